The van der Waals surface area contributed by atoms with Gasteiger partial charge >= 0.3 is 6.18 Å². The van der Waals surface area contributed by atoms with Gasteiger partial charge in [0.05, 0.1) is 0 Å². The van der Waals surface area contributed by atoms with E-state index in [0.717, 1.165) is 10.7 Å². The summed E-state index contributed by atoms with van der Waals surface area (Å²) in [7, 11) is 0. The summed E-state index contributed by atoms with van der Waals surface area (Å²) in [5, 5.41) is 5.57. The van der Waals surface area contributed by atoms with Gasteiger partial charge in [-0.05, 0) is 0 Å². The summed E-state index contributed by atoms with van der Waals surface area (Å²) < 4.78 is 37.4. The van der Waals surface area contributed by atoms with E-state index in [1.54, 1.807) is 0 Å². The number of hydrogen-bond acceptors (Lipinski definition) is 3. The average Bonchev–Trinajstić information content (AvgIpc) is 2.50. The Morgan fingerprint density at radius 2 is 2.14 bits per heavy atom. The molecule has 0 aliphatic carbocycles. The van der Waals surface area contributed by atoms with Crippen LogP contribution in [0.1, 0.15) is 5.69 Å². The van der Waals surface area contributed by atoms with Crippen LogP contribution >= 0.6 is 0 Å². The highest BCUT2D eigenvalue weighted by Gasteiger charge is 2.33. The van der Waals surface area contributed by atoms with Crippen LogP contribution < -0.4 is 5.56 Å². The number of aromatic nitrogens is 4. The fourth-order valence-electron chi connectivity index (χ4n) is 0.971. The number of nitrogens with one attached hydrogen (secondary N) is 1. The Morgan fingerprint density at radius 1 is 1.43 bits per heavy atom. The van der Waals surface area contributed by atoms with Gasteiger partial charge < -0.3 is 0 Å². The van der Waals surface area contributed by atoms with Gasteiger partial charge in [0, 0.05) is 6.07 Å². The Morgan fingerprint density at radius 3 is 2.79 bits per heavy atom. The standard InChI is InChI=1S/C6H3F3N4O/c7-6(8,9)3-1-4(14)13-2-10-12-5(13)11-3/h1-2H,(H,11,12). The van der Waals surface area contributed by atoms with E-state index in [4.69, 9.17) is 0 Å². The minimum absolute atomic E-state index is 0.232. The smallest absolute Gasteiger partial charge is 0.269 e. The average molecular weight is 204 g/mol. The Balaban J connectivity index is 2.77. The van der Waals surface area contributed by atoms with Crippen LogP contribution in [0.25, 0.3) is 5.78 Å². The zero-order valence-corrected chi connectivity index (χ0v) is 6.54. The van der Waals surface area contributed by atoms with Crippen LogP contribution in [-0.2, 0) is 6.18 Å². The van der Waals surface area contributed by atoms with E-state index in [2.05, 4.69) is 15.2 Å². The molecule has 0 aromatic carbocycles. The lowest BCUT2D eigenvalue weighted by atomic mass is 10.4. The first-order valence-electron chi connectivity index (χ1n) is 3.48. The van der Waals surface area contributed by atoms with Crippen LogP contribution in [-0.4, -0.2) is 19.6 Å². The molecule has 0 unspecified atom stereocenters. The first-order chi connectivity index (χ1) is 6.48. The number of hydrogen-bond donors (Lipinski definition) is 1. The zero-order valence-electron chi connectivity index (χ0n) is 6.54. The fourth-order valence-corrected chi connectivity index (χ4v) is 0.971. The molecular formula is C6H3F3N4O. The van der Waals surface area contributed by atoms with Crippen LogP contribution in [0.15, 0.2) is 17.2 Å². The number of H-pyrrole nitrogens is 1. The molecule has 8 heteroatoms. The van der Waals surface area contributed by atoms with Gasteiger partial charge in [-0.15, -0.1) is 0 Å². The van der Waals surface area contributed by atoms with Crippen LogP contribution in [0.5, 0.6) is 0 Å². The molecule has 2 heterocycles. The minimum atomic E-state index is -4.63. The van der Waals surface area contributed by atoms with Crippen LogP contribution in [0.3, 0.4) is 0 Å². The van der Waals surface area contributed by atoms with Crippen molar-refractivity contribution in [3.63, 3.8) is 0 Å². The summed E-state index contributed by atoms with van der Waals surface area (Å²) in [4.78, 5) is 14.3. The van der Waals surface area contributed by atoms with Crippen molar-refractivity contribution in [2.24, 2.45) is 0 Å². The quantitative estimate of drug-likeness (QED) is 0.677. The summed E-state index contributed by atoms with van der Waals surface area (Å²) >= 11 is 0. The van der Waals surface area contributed by atoms with Gasteiger partial charge in [-0.3, -0.25) is 4.79 Å². The number of alkyl halides is 3. The summed E-state index contributed by atoms with van der Waals surface area (Å²) in [6.07, 6.45) is -3.57. The predicted octanol–water partition coefficient (Wildman–Crippen LogP) is 0.436. The Hall–Kier alpha value is -1.86. The van der Waals surface area contributed by atoms with Gasteiger partial charge in [0.1, 0.15) is 6.33 Å². The van der Waals surface area contributed by atoms with E-state index in [1.807, 2.05) is 0 Å². The van der Waals surface area contributed by atoms with Gasteiger partial charge in [-0.2, -0.15) is 18.3 Å². The molecule has 1 N–H and O–H groups in total. The van der Waals surface area contributed by atoms with Gasteiger partial charge in [0.15, 0.2) is 5.69 Å². The van der Waals surface area contributed by atoms with Gasteiger partial charge in [-0.25, -0.2) is 14.5 Å². The van der Waals surface area contributed by atoms with Crippen molar-refractivity contribution in [2.75, 3.05) is 0 Å². The molecule has 0 saturated heterocycles. The van der Waals surface area contributed by atoms with Crippen molar-refractivity contribution in [3.05, 3.63) is 28.4 Å². The molecule has 0 radical (unpaired) electrons. The molecule has 2 aromatic heterocycles. The summed E-state index contributed by atoms with van der Waals surface area (Å²) in [5.74, 6) is -0.232. The molecule has 0 amide bonds. The number of fused-ring (bicyclic) bond motifs is 1. The molecule has 0 saturated carbocycles. The molecule has 0 aliphatic rings. The Kier molecular flexibility index (Phi) is 1.60. The highest BCUT2D eigenvalue weighted by atomic mass is 19.4. The lowest BCUT2D eigenvalue weighted by molar-refractivity contribution is -0.141. The van der Waals surface area contributed by atoms with Crippen molar-refractivity contribution in [1.29, 1.82) is 0 Å². The third kappa shape index (κ3) is 1.24. The second-order valence-corrected chi connectivity index (χ2v) is 2.53. The molecule has 0 spiro atoms. The molecule has 74 valence electrons. The number of rotatable bonds is 0. The molecule has 0 fully saturated rings. The Bertz CT molecular complexity index is 526. The van der Waals surface area contributed by atoms with Gasteiger partial charge in [0.25, 0.3) is 5.56 Å². The minimum Gasteiger partial charge on any atom is -0.269 e. The van der Waals surface area contributed by atoms with E-state index >= 15 is 0 Å². The number of aromatic amines is 1. The molecule has 0 bridgehead atoms. The highest BCUT2D eigenvalue weighted by Crippen LogP contribution is 2.26. The fraction of sp³-hybridized carbons (Fsp3) is 0.167. The van der Waals surface area contributed by atoms with E-state index in [-0.39, 0.29) is 5.78 Å². The number of halogens is 3. The van der Waals surface area contributed by atoms with E-state index in [0.29, 0.717) is 6.07 Å². The largest absolute Gasteiger partial charge is 0.433 e. The summed E-state index contributed by atoms with van der Waals surface area (Å²) in [6.45, 7) is 0. The van der Waals surface area contributed by atoms with Crippen molar-refractivity contribution < 1.29 is 13.2 Å². The molecular weight excluding hydrogens is 201 g/mol. The lowest BCUT2D eigenvalue weighted by Gasteiger charge is -2.03. The molecule has 2 rings (SSSR count). The van der Waals surface area contributed by atoms with Crippen molar-refractivity contribution in [3.8, 4) is 0 Å². The second-order valence-electron chi connectivity index (χ2n) is 2.53. The monoisotopic (exact) mass is 204 g/mol. The maximum atomic E-state index is 12.2. The molecule has 14 heavy (non-hydrogen) atoms. The van der Waals surface area contributed by atoms with Crippen molar-refractivity contribution >= 4 is 5.78 Å². The van der Waals surface area contributed by atoms with Gasteiger partial charge in [0.2, 0.25) is 5.78 Å². The lowest BCUT2D eigenvalue weighted by Crippen LogP contribution is -2.18. The maximum absolute atomic E-state index is 12.2. The zero-order chi connectivity index (χ0) is 10.3. The molecule has 5 nitrogen and oxygen atoms in total. The molecule has 0 atom stereocenters. The number of nitrogens with zero attached hydrogens (tertiary/aromatic N) is 3. The van der Waals surface area contributed by atoms with E-state index < -0.39 is 17.4 Å². The third-order valence-electron chi connectivity index (χ3n) is 1.58. The SMILES string of the molecule is O=c1cc(C(F)(F)F)nc2[nH]ncn12. The van der Waals surface area contributed by atoms with Crippen LogP contribution in [0.4, 0.5) is 13.2 Å². The van der Waals surface area contributed by atoms with Gasteiger partial charge in [-0.1, -0.05) is 0 Å². The van der Waals surface area contributed by atoms with E-state index in [1.165, 1.54) is 0 Å². The first kappa shape index (κ1) is 8.73. The maximum Gasteiger partial charge on any atom is 0.433 e. The summed E-state index contributed by atoms with van der Waals surface area (Å²) in [6, 6.07) is 0.419. The first-order valence-corrected chi connectivity index (χ1v) is 3.48. The van der Waals surface area contributed by atoms with Crippen LogP contribution in [0, 0.1) is 0 Å². The van der Waals surface area contributed by atoms with Crippen molar-refractivity contribution in [1.82, 2.24) is 19.6 Å². The molecule has 2 aromatic rings. The Labute approximate surface area is 74.2 Å². The second kappa shape index (κ2) is 2.56. The normalized spacial score (nSPS) is 12.2. The highest BCUT2D eigenvalue weighted by molar-refractivity contribution is 5.27. The topological polar surface area (TPSA) is 63.0 Å². The molecule has 0 aliphatic heterocycles. The van der Waals surface area contributed by atoms with E-state index in [9.17, 15) is 18.0 Å². The van der Waals surface area contributed by atoms with Crippen molar-refractivity contribution in [2.45, 2.75) is 6.18 Å². The summed E-state index contributed by atoms with van der Waals surface area (Å²) in [5.41, 5.74) is -2.05. The third-order valence-corrected chi connectivity index (χ3v) is 1.58. The van der Waals surface area contributed by atoms with Crippen LogP contribution in [0.2, 0.25) is 0 Å². The predicted molar refractivity (Wildman–Crippen MR) is 38.6 cm³/mol.